The third-order valence-electron chi connectivity index (χ3n) is 3.83. The van der Waals surface area contributed by atoms with Gasteiger partial charge in [0, 0.05) is 12.6 Å². The molecule has 144 valence electrons. The molecule has 2 heterocycles. The Bertz CT molecular complexity index is 798. The highest BCUT2D eigenvalue weighted by molar-refractivity contribution is 7.91. The van der Waals surface area contributed by atoms with Crippen LogP contribution in [0.3, 0.4) is 0 Å². The van der Waals surface area contributed by atoms with Gasteiger partial charge in [0.25, 0.3) is 5.91 Å². The Morgan fingerprint density at radius 3 is 2.62 bits per heavy atom. The van der Waals surface area contributed by atoms with Crippen LogP contribution in [0.5, 0.6) is 0 Å². The highest BCUT2D eigenvalue weighted by atomic mass is 32.2. The van der Waals surface area contributed by atoms with Crippen molar-refractivity contribution in [3.05, 3.63) is 28.0 Å². The second kappa shape index (κ2) is 7.85. The van der Waals surface area contributed by atoms with Gasteiger partial charge in [-0.1, -0.05) is 13.8 Å². The quantitative estimate of drug-likeness (QED) is 0.383. The molecule has 2 rings (SSSR count). The lowest BCUT2D eigenvalue weighted by Crippen LogP contribution is -2.45. The molecule has 0 aliphatic carbocycles. The Balaban J connectivity index is 1.99. The van der Waals surface area contributed by atoms with Gasteiger partial charge in [0.2, 0.25) is 5.76 Å². The number of carbonyl (C=O) groups is 2. The number of hydrogen-bond donors (Lipinski definition) is 0. The smallest absolute Gasteiger partial charge is 0.433 e. The minimum absolute atomic E-state index is 0.0232. The summed E-state index contributed by atoms with van der Waals surface area (Å²) in [7, 11) is -3.17. The van der Waals surface area contributed by atoms with Crippen LogP contribution in [-0.2, 0) is 19.4 Å². The number of rotatable bonds is 7. The van der Waals surface area contributed by atoms with E-state index in [9.17, 15) is 28.1 Å². The van der Waals surface area contributed by atoms with Crippen LogP contribution in [0.4, 0.5) is 5.88 Å². The molecule has 0 radical (unpaired) electrons. The average molecular weight is 388 g/mol. The van der Waals surface area contributed by atoms with E-state index in [2.05, 4.69) is 0 Å². The number of sulfone groups is 1. The van der Waals surface area contributed by atoms with Gasteiger partial charge >= 0.3 is 11.9 Å². The Morgan fingerprint density at radius 1 is 1.42 bits per heavy atom. The molecule has 0 bridgehead atoms. The van der Waals surface area contributed by atoms with Crippen molar-refractivity contribution >= 4 is 27.6 Å². The van der Waals surface area contributed by atoms with Crippen molar-refractivity contribution in [1.82, 2.24) is 4.90 Å². The van der Waals surface area contributed by atoms with E-state index in [0.717, 1.165) is 12.1 Å². The lowest BCUT2D eigenvalue weighted by atomic mass is 10.1. The number of esters is 1. The van der Waals surface area contributed by atoms with Crippen molar-refractivity contribution in [3.8, 4) is 0 Å². The van der Waals surface area contributed by atoms with Crippen molar-refractivity contribution in [2.24, 2.45) is 5.92 Å². The Labute approximate surface area is 150 Å². The molecule has 0 unspecified atom stereocenters. The monoisotopic (exact) mass is 388 g/mol. The van der Waals surface area contributed by atoms with Gasteiger partial charge in [0.15, 0.2) is 16.4 Å². The predicted molar refractivity (Wildman–Crippen MR) is 89.3 cm³/mol. The molecular weight excluding hydrogens is 368 g/mol. The first-order valence-electron chi connectivity index (χ1n) is 8.00. The lowest BCUT2D eigenvalue weighted by molar-refractivity contribution is -0.402. The standard InChI is InChI=1S/C15H20N2O8S/c1-10(2)7-16(11-5-6-26(22,23)9-11)13(18)8-24-15(19)12-3-4-14(25-12)17(20)21/h3-4,10-11H,5-9H2,1-2H3/t11-/m0/s1. The third kappa shape index (κ3) is 5.04. The first-order chi connectivity index (χ1) is 12.1. The zero-order valence-electron chi connectivity index (χ0n) is 14.4. The van der Waals surface area contributed by atoms with E-state index >= 15 is 0 Å². The number of nitro groups is 1. The topological polar surface area (TPSA) is 137 Å². The van der Waals surface area contributed by atoms with Crippen molar-refractivity contribution < 1.29 is 32.1 Å². The molecule has 26 heavy (non-hydrogen) atoms. The summed E-state index contributed by atoms with van der Waals surface area (Å²) in [6.45, 7) is 3.51. The van der Waals surface area contributed by atoms with Crippen LogP contribution in [-0.4, -0.2) is 60.8 Å². The molecule has 1 aliphatic heterocycles. The van der Waals surface area contributed by atoms with Crippen LogP contribution >= 0.6 is 0 Å². The van der Waals surface area contributed by atoms with Gasteiger partial charge in [0.1, 0.15) is 4.92 Å². The number of amides is 1. The summed E-state index contributed by atoms with van der Waals surface area (Å²) in [6.07, 6.45) is 0.346. The molecule has 1 fully saturated rings. The first-order valence-corrected chi connectivity index (χ1v) is 9.82. The van der Waals surface area contributed by atoms with Crippen molar-refractivity contribution in [2.75, 3.05) is 24.7 Å². The largest absolute Gasteiger partial charge is 0.450 e. The fraction of sp³-hybridized carbons (Fsp3) is 0.600. The van der Waals surface area contributed by atoms with Crippen LogP contribution in [0, 0.1) is 16.0 Å². The summed E-state index contributed by atoms with van der Waals surface area (Å²) in [6, 6.07) is 1.64. The summed E-state index contributed by atoms with van der Waals surface area (Å²) in [5.74, 6) is -2.50. The van der Waals surface area contributed by atoms with Crippen LogP contribution in [0.1, 0.15) is 30.8 Å². The van der Waals surface area contributed by atoms with Crippen molar-refractivity contribution in [1.29, 1.82) is 0 Å². The molecular formula is C15H20N2O8S. The van der Waals surface area contributed by atoms with Crippen LogP contribution in [0.2, 0.25) is 0 Å². The highest BCUT2D eigenvalue weighted by Gasteiger charge is 2.35. The second-order valence-corrected chi connectivity index (χ2v) is 8.70. The van der Waals surface area contributed by atoms with Gasteiger partial charge in [-0.2, -0.15) is 0 Å². The summed E-state index contributed by atoms with van der Waals surface area (Å²) in [4.78, 5) is 35.5. The van der Waals surface area contributed by atoms with Gasteiger partial charge < -0.3 is 14.1 Å². The van der Waals surface area contributed by atoms with E-state index in [1.165, 1.54) is 4.90 Å². The first kappa shape index (κ1) is 19.9. The lowest BCUT2D eigenvalue weighted by Gasteiger charge is -2.29. The highest BCUT2D eigenvalue weighted by Crippen LogP contribution is 2.20. The molecule has 0 N–H and O–H groups in total. The predicted octanol–water partition coefficient (Wildman–Crippen LogP) is 1.02. The van der Waals surface area contributed by atoms with Gasteiger partial charge in [0.05, 0.1) is 17.6 Å². The molecule has 0 saturated carbocycles. The molecule has 11 heteroatoms. The zero-order valence-corrected chi connectivity index (χ0v) is 15.2. The van der Waals surface area contributed by atoms with Crippen LogP contribution < -0.4 is 0 Å². The maximum absolute atomic E-state index is 12.4. The second-order valence-electron chi connectivity index (χ2n) is 6.47. The molecule has 1 atom stereocenters. The van der Waals surface area contributed by atoms with Crippen LogP contribution in [0.15, 0.2) is 16.5 Å². The van der Waals surface area contributed by atoms with E-state index in [-0.39, 0.29) is 23.2 Å². The minimum Gasteiger partial charge on any atom is -0.450 e. The molecule has 1 saturated heterocycles. The Hall–Kier alpha value is -2.43. The molecule has 0 aromatic carbocycles. The maximum atomic E-state index is 12.4. The summed E-state index contributed by atoms with van der Waals surface area (Å²) < 4.78 is 32.9. The van der Waals surface area contributed by atoms with E-state index in [1.807, 2.05) is 13.8 Å². The van der Waals surface area contributed by atoms with Gasteiger partial charge in [-0.05, 0) is 18.4 Å². The van der Waals surface area contributed by atoms with E-state index in [1.54, 1.807) is 0 Å². The molecule has 10 nitrogen and oxygen atoms in total. The van der Waals surface area contributed by atoms with Crippen LogP contribution in [0.25, 0.3) is 0 Å². The summed E-state index contributed by atoms with van der Waals surface area (Å²) in [5.41, 5.74) is 0. The average Bonchev–Trinajstić information content (AvgIpc) is 3.16. The van der Waals surface area contributed by atoms with E-state index in [4.69, 9.17) is 9.15 Å². The molecule has 1 amide bonds. The van der Waals surface area contributed by atoms with Crippen molar-refractivity contribution in [2.45, 2.75) is 26.3 Å². The van der Waals surface area contributed by atoms with Gasteiger partial charge in [-0.25, -0.2) is 13.2 Å². The zero-order chi connectivity index (χ0) is 19.5. The minimum atomic E-state index is -3.17. The summed E-state index contributed by atoms with van der Waals surface area (Å²) >= 11 is 0. The Kier molecular flexibility index (Phi) is 6.01. The molecule has 0 spiro atoms. The summed E-state index contributed by atoms with van der Waals surface area (Å²) in [5, 5.41) is 10.5. The van der Waals surface area contributed by atoms with Crippen molar-refractivity contribution in [3.63, 3.8) is 0 Å². The third-order valence-corrected chi connectivity index (χ3v) is 5.58. The number of hydrogen-bond acceptors (Lipinski definition) is 8. The van der Waals surface area contributed by atoms with E-state index in [0.29, 0.717) is 13.0 Å². The normalized spacial score (nSPS) is 18.7. The van der Waals surface area contributed by atoms with Gasteiger partial charge in [-0.15, -0.1) is 0 Å². The van der Waals surface area contributed by atoms with Gasteiger partial charge in [-0.3, -0.25) is 14.9 Å². The SMILES string of the molecule is CC(C)CN(C(=O)COC(=O)c1ccc([N+](=O)[O-])o1)[C@H]1CCS(=O)(=O)C1. The molecule has 1 aromatic heterocycles. The number of furan rings is 1. The fourth-order valence-electron chi connectivity index (χ4n) is 2.69. The maximum Gasteiger partial charge on any atom is 0.433 e. The molecule has 1 aliphatic rings. The Morgan fingerprint density at radius 2 is 2.12 bits per heavy atom. The number of ether oxygens (including phenoxy) is 1. The van der Waals surface area contributed by atoms with E-state index < -0.39 is 45.2 Å². The fourth-order valence-corrected chi connectivity index (χ4v) is 4.42. The number of nitrogens with zero attached hydrogens (tertiary/aromatic N) is 2. The number of carbonyl (C=O) groups excluding carboxylic acids is 2. The molecule has 1 aromatic rings.